The SMILES string of the molecule is CCc1[nH]nc2ccc(B(O)OC(C)(C)C(C)(C)O)cc12. The number of nitrogens with zero attached hydrogens (tertiary/aromatic N) is 1. The van der Waals surface area contributed by atoms with Crippen molar-refractivity contribution in [2.24, 2.45) is 0 Å². The van der Waals surface area contributed by atoms with Crippen LogP contribution in [0.4, 0.5) is 0 Å². The Balaban J connectivity index is 2.29. The summed E-state index contributed by atoms with van der Waals surface area (Å²) in [5, 5.41) is 28.6. The van der Waals surface area contributed by atoms with Crippen LogP contribution < -0.4 is 5.46 Å². The van der Waals surface area contributed by atoms with Crippen LogP contribution in [0, 0.1) is 0 Å². The van der Waals surface area contributed by atoms with Gasteiger partial charge in [0.25, 0.3) is 0 Å². The minimum atomic E-state index is -1.10. The van der Waals surface area contributed by atoms with Crippen LogP contribution in [-0.4, -0.2) is 38.6 Å². The van der Waals surface area contributed by atoms with E-state index < -0.39 is 18.3 Å². The van der Waals surface area contributed by atoms with Crippen molar-refractivity contribution in [1.82, 2.24) is 10.2 Å². The van der Waals surface area contributed by atoms with Crippen molar-refractivity contribution >= 4 is 23.5 Å². The largest absolute Gasteiger partial charge is 0.491 e. The zero-order valence-corrected chi connectivity index (χ0v) is 13.3. The van der Waals surface area contributed by atoms with Crippen molar-refractivity contribution in [3.8, 4) is 0 Å². The molecule has 2 rings (SSSR count). The molecule has 0 bridgehead atoms. The zero-order chi connectivity index (χ0) is 15.8. The minimum Gasteiger partial charge on any atom is -0.423 e. The molecule has 0 aliphatic rings. The van der Waals surface area contributed by atoms with Gasteiger partial charge in [0.05, 0.1) is 16.7 Å². The van der Waals surface area contributed by atoms with E-state index in [0.717, 1.165) is 23.0 Å². The van der Waals surface area contributed by atoms with E-state index in [1.807, 2.05) is 19.1 Å². The van der Waals surface area contributed by atoms with Gasteiger partial charge in [-0.05, 0) is 45.6 Å². The summed E-state index contributed by atoms with van der Waals surface area (Å²) < 4.78 is 5.66. The number of hydrogen-bond donors (Lipinski definition) is 3. The number of aromatic amines is 1. The van der Waals surface area contributed by atoms with Gasteiger partial charge in [-0.1, -0.05) is 19.1 Å². The monoisotopic (exact) mass is 290 g/mol. The molecule has 1 heterocycles. The third kappa shape index (κ3) is 3.12. The Morgan fingerprint density at radius 1 is 1.29 bits per heavy atom. The molecule has 0 fully saturated rings. The second kappa shape index (κ2) is 5.44. The number of fused-ring (bicyclic) bond motifs is 1. The number of aliphatic hydroxyl groups is 1. The summed E-state index contributed by atoms with van der Waals surface area (Å²) in [5.74, 6) is 0. The molecular formula is C15H23BN2O3. The van der Waals surface area contributed by atoms with Crippen LogP contribution in [0.15, 0.2) is 18.2 Å². The lowest BCUT2D eigenvalue weighted by molar-refractivity contribution is -0.0982. The molecule has 2 aromatic rings. The molecule has 5 nitrogen and oxygen atoms in total. The van der Waals surface area contributed by atoms with E-state index in [-0.39, 0.29) is 0 Å². The Kier molecular flexibility index (Phi) is 4.15. The van der Waals surface area contributed by atoms with Gasteiger partial charge in [0.2, 0.25) is 0 Å². The van der Waals surface area contributed by atoms with E-state index in [0.29, 0.717) is 5.46 Å². The van der Waals surface area contributed by atoms with Crippen LogP contribution in [0.3, 0.4) is 0 Å². The van der Waals surface area contributed by atoms with Gasteiger partial charge in [0.1, 0.15) is 0 Å². The van der Waals surface area contributed by atoms with E-state index >= 15 is 0 Å². The quantitative estimate of drug-likeness (QED) is 0.727. The molecule has 0 radical (unpaired) electrons. The molecule has 0 saturated heterocycles. The summed E-state index contributed by atoms with van der Waals surface area (Å²) in [4.78, 5) is 0. The maximum Gasteiger partial charge on any atom is 0.491 e. The van der Waals surface area contributed by atoms with Crippen molar-refractivity contribution in [2.45, 2.75) is 52.2 Å². The van der Waals surface area contributed by atoms with Crippen molar-refractivity contribution in [1.29, 1.82) is 0 Å². The molecule has 0 amide bonds. The fourth-order valence-electron chi connectivity index (χ4n) is 2.00. The summed E-state index contributed by atoms with van der Waals surface area (Å²) in [6, 6.07) is 5.51. The van der Waals surface area contributed by atoms with Crippen LogP contribution in [0.1, 0.15) is 40.3 Å². The standard InChI is InChI=1S/C15H23BN2O3/c1-6-12-11-9-10(7-8-13(11)18-17-12)16(20)21-15(4,5)14(2,3)19/h7-9,19-20H,6H2,1-5H3,(H,17,18). The Labute approximate surface area is 125 Å². The minimum absolute atomic E-state index is 0.649. The van der Waals surface area contributed by atoms with Crippen LogP contribution >= 0.6 is 0 Å². The predicted octanol–water partition coefficient (Wildman–Crippen LogP) is 1.38. The first kappa shape index (κ1) is 16.0. The molecule has 0 saturated carbocycles. The molecule has 0 unspecified atom stereocenters. The van der Waals surface area contributed by atoms with Crippen molar-refractivity contribution in [3.63, 3.8) is 0 Å². The number of hydrogen-bond acceptors (Lipinski definition) is 4. The van der Waals surface area contributed by atoms with E-state index in [1.54, 1.807) is 33.8 Å². The van der Waals surface area contributed by atoms with Crippen molar-refractivity contribution < 1.29 is 14.8 Å². The lowest BCUT2D eigenvalue weighted by Gasteiger charge is -2.38. The molecule has 0 aliphatic heterocycles. The number of rotatable bonds is 5. The Hall–Kier alpha value is -1.37. The number of aryl methyl sites for hydroxylation is 1. The second-order valence-electron chi connectivity index (χ2n) is 6.37. The summed E-state index contributed by atoms with van der Waals surface area (Å²) in [7, 11) is -1.10. The molecule has 0 spiro atoms. The Morgan fingerprint density at radius 2 is 1.95 bits per heavy atom. The first-order chi connectivity index (χ1) is 9.65. The van der Waals surface area contributed by atoms with E-state index in [2.05, 4.69) is 10.2 Å². The maximum absolute atomic E-state index is 10.3. The number of benzene rings is 1. The fourth-order valence-corrected chi connectivity index (χ4v) is 2.00. The lowest BCUT2D eigenvalue weighted by atomic mass is 9.76. The third-order valence-corrected chi connectivity index (χ3v) is 4.18. The van der Waals surface area contributed by atoms with Gasteiger partial charge in [-0.25, -0.2) is 0 Å². The van der Waals surface area contributed by atoms with Gasteiger partial charge < -0.3 is 14.8 Å². The molecule has 6 heteroatoms. The average Bonchev–Trinajstić information content (AvgIpc) is 2.78. The van der Waals surface area contributed by atoms with Crippen molar-refractivity contribution in [2.75, 3.05) is 0 Å². The molecule has 21 heavy (non-hydrogen) atoms. The zero-order valence-electron chi connectivity index (χ0n) is 13.3. The fraction of sp³-hybridized carbons (Fsp3) is 0.533. The molecule has 0 aliphatic carbocycles. The highest BCUT2D eigenvalue weighted by molar-refractivity contribution is 6.60. The molecular weight excluding hydrogens is 267 g/mol. The highest BCUT2D eigenvalue weighted by atomic mass is 16.5. The van der Waals surface area contributed by atoms with Gasteiger partial charge in [-0.15, -0.1) is 0 Å². The molecule has 3 N–H and O–H groups in total. The number of nitrogens with one attached hydrogen (secondary N) is 1. The Bertz CT molecular complexity index is 631. The van der Waals surface area contributed by atoms with Crippen LogP contribution in [0.2, 0.25) is 0 Å². The van der Waals surface area contributed by atoms with E-state index in [9.17, 15) is 10.1 Å². The number of H-pyrrole nitrogens is 1. The van der Waals surface area contributed by atoms with Gasteiger partial charge in [-0.3, -0.25) is 5.10 Å². The molecule has 114 valence electrons. The van der Waals surface area contributed by atoms with Crippen LogP contribution in [0.25, 0.3) is 10.9 Å². The predicted molar refractivity (Wildman–Crippen MR) is 84.5 cm³/mol. The van der Waals surface area contributed by atoms with Gasteiger partial charge in [0.15, 0.2) is 0 Å². The number of aromatic nitrogens is 2. The second-order valence-corrected chi connectivity index (χ2v) is 6.37. The van der Waals surface area contributed by atoms with Crippen LogP contribution in [0.5, 0.6) is 0 Å². The summed E-state index contributed by atoms with van der Waals surface area (Å²) in [5.41, 5.74) is 0.592. The summed E-state index contributed by atoms with van der Waals surface area (Å²) >= 11 is 0. The highest BCUT2D eigenvalue weighted by Gasteiger charge is 2.39. The van der Waals surface area contributed by atoms with Crippen LogP contribution in [-0.2, 0) is 11.1 Å². The molecule has 1 aromatic carbocycles. The first-order valence-electron chi connectivity index (χ1n) is 7.21. The van der Waals surface area contributed by atoms with Gasteiger partial charge >= 0.3 is 7.12 Å². The van der Waals surface area contributed by atoms with E-state index in [4.69, 9.17) is 4.65 Å². The van der Waals surface area contributed by atoms with Gasteiger partial charge in [-0.2, -0.15) is 5.10 Å². The highest BCUT2D eigenvalue weighted by Crippen LogP contribution is 2.25. The van der Waals surface area contributed by atoms with Crippen molar-refractivity contribution in [3.05, 3.63) is 23.9 Å². The summed E-state index contributed by atoms with van der Waals surface area (Å²) in [6.45, 7) is 8.88. The average molecular weight is 290 g/mol. The lowest BCUT2D eigenvalue weighted by Crippen LogP contribution is -2.53. The van der Waals surface area contributed by atoms with E-state index in [1.165, 1.54) is 0 Å². The maximum atomic E-state index is 10.3. The smallest absolute Gasteiger partial charge is 0.423 e. The van der Waals surface area contributed by atoms with Gasteiger partial charge in [0, 0.05) is 11.1 Å². The molecule has 1 aromatic heterocycles. The Morgan fingerprint density at radius 3 is 2.52 bits per heavy atom. The summed E-state index contributed by atoms with van der Waals surface area (Å²) in [6.07, 6.45) is 0.839. The third-order valence-electron chi connectivity index (χ3n) is 4.18. The topological polar surface area (TPSA) is 78.4 Å². The molecule has 0 atom stereocenters. The normalized spacial score (nSPS) is 12.9. The first-order valence-corrected chi connectivity index (χ1v) is 7.21.